The number of hydrogen-bond acceptors (Lipinski definition) is 5. The number of benzene rings is 2. The molecule has 0 saturated carbocycles. The van der Waals surface area contributed by atoms with Crippen molar-refractivity contribution in [3.63, 3.8) is 0 Å². The van der Waals surface area contributed by atoms with Crippen LogP contribution in [0.2, 0.25) is 0 Å². The summed E-state index contributed by atoms with van der Waals surface area (Å²) in [5, 5.41) is 16.5. The van der Waals surface area contributed by atoms with Crippen LogP contribution < -0.4 is 10.6 Å². The highest BCUT2D eigenvalue weighted by molar-refractivity contribution is 5.96. The first-order valence-electron chi connectivity index (χ1n) is 9.01. The summed E-state index contributed by atoms with van der Waals surface area (Å²) in [6, 6.07) is 13.4. The van der Waals surface area contributed by atoms with Gasteiger partial charge >= 0.3 is 0 Å². The molecule has 2 N–H and O–H groups in total. The molecule has 2 aromatic rings. The number of hydrogen-bond donors (Lipinski definition) is 2. The van der Waals surface area contributed by atoms with Crippen molar-refractivity contribution in [2.24, 2.45) is 0 Å². The quantitative estimate of drug-likeness (QED) is 0.510. The smallest absolute Gasteiger partial charge is 0.292 e. The molecule has 0 atom stereocenters. The molecule has 0 aliphatic carbocycles. The number of nitro benzene ring substituents is 1. The van der Waals surface area contributed by atoms with Gasteiger partial charge in [0.05, 0.1) is 18.0 Å². The van der Waals surface area contributed by atoms with Gasteiger partial charge in [-0.15, -0.1) is 0 Å². The number of nitrogens with one attached hydrogen (secondary N) is 2. The van der Waals surface area contributed by atoms with E-state index in [9.17, 15) is 19.7 Å². The van der Waals surface area contributed by atoms with E-state index in [1.165, 1.54) is 18.2 Å². The molecule has 0 unspecified atom stereocenters. The second-order valence-electron chi connectivity index (χ2n) is 6.40. The predicted molar refractivity (Wildman–Crippen MR) is 108 cm³/mol. The van der Waals surface area contributed by atoms with E-state index in [0.717, 1.165) is 17.7 Å². The fraction of sp³-hybridized carbons (Fsp3) is 0.300. The minimum absolute atomic E-state index is 0.0406. The van der Waals surface area contributed by atoms with Crippen LogP contribution in [0, 0.1) is 17.0 Å². The Hall–Kier alpha value is -3.26. The van der Waals surface area contributed by atoms with Gasteiger partial charge in [-0.2, -0.15) is 0 Å². The maximum Gasteiger partial charge on any atom is 0.292 e. The highest BCUT2D eigenvalue weighted by atomic mass is 16.6. The zero-order valence-electron chi connectivity index (χ0n) is 16.0. The molecule has 0 fully saturated rings. The topological polar surface area (TPSA) is 105 Å². The van der Waals surface area contributed by atoms with E-state index in [-0.39, 0.29) is 30.4 Å². The van der Waals surface area contributed by atoms with Crippen LogP contribution in [0.4, 0.5) is 17.1 Å². The molecular weight excluding hydrogens is 360 g/mol. The van der Waals surface area contributed by atoms with Crippen molar-refractivity contribution < 1.29 is 14.5 Å². The molecule has 0 aliphatic rings. The Morgan fingerprint density at radius 2 is 1.50 bits per heavy atom. The zero-order chi connectivity index (χ0) is 20.5. The number of carbonyl (C=O) groups excluding carboxylic acids is 2. The Morgan fingerprint density at radius 3 is 2.07 bits per heavy atom. The SMILES string of the molecule is CCCN(CC(=O)Nc1ccccc1C)CC(=O)Nc1ccccc1[N+](=O)[O-]. The van der Waals surface area contributed by atoms with E-state index in [1.54, 1.807) is 11.0 Å². The van der Waals surface area contributed by atoms with Crippen LogP contribution in [0.1, 0.15) is 18.9 Å². The van der Waals surface area contributed by atoms with Gasteiger partial charge in [0.2, 0.25) is 11.8 Å². The van der Waals surface area contributed by atoms with Gasteiger partial charge in [-0.1, -0.05) is 37.3 Å². The van der Waals surface area contributed by atoms with Gasteiger partial charge in [-0.25, -0.2) is 0 Å². The maximum atomic E-state index is 12.4. The molecule has 2 aromatic carbocycles. The van der Waals surface area contributed by atoms with Crippen molar-refractivity contribution in [3.05, 3.63) is 64.2 Å². The molecule has 2 amide bonds. The minimum Gasteiger partial charge on any atom is -0.325 e. The van der Waals surface area contributed by atoms with Crippen LogP contribution in [-0.4, -0.2) is 41.3 Å². The Morgan fingerprint density at radius 1 is 0.964 bits per heavy atom. The van der Waals surface area contributed by atoms with Crippen molar-refractivity contribution in [1.29, 1.82) is 0 Å². The summed E-state index contributed by atoms with van der Waals surface area (Å²) < 4.78 is 0. The molecule has 0 aliphatic heterocycles. The van der Waals surface area contributed by atoms with E-state index >= 15 is 0 Å². The number of carbonyl (C=O) groups is 2. The second-order valence-corrected chi connectivity index (χ2v) is 6.40. The standard InChI is InChI=1S/C20H24N4O4/c1-3-12-23(13-19(25)21-16-9-5-4-8-15(16)2)14-20(26)22-17-10-6-7-11-18(17)24(27)28/h4-11H,3,12-14H2,1-2H3,(H,21,25)(H,22,26). The van der Waals surface area contributed by atoms with Crippen molar-refractivity contribution in [2.75, 3.05) is 30.3 Å². The van der Waals surface area contributed by atoms with Gasteiger partial charge in [0, 0.05) is 11.8 Å². The first-order valence-corrected chi connectivity index (χ1v) is 9.01. The Bertz CT molecular complexity index is 854. The third-order valence-electron chi connectivity index (χ3n) is 4.07. The van der Waals surface area contributed by atoms with Crippen molar-refractivity contribution in [3.8, 4) is 0 Å². The van der Waals surface area contributed by atoms with Gasteiger partial charge in [0.15, 0.2) is 0 Å². The van der Waals surface area contributed by atoms with Crippen LogP contribution in [0.5, 0.6) is 0 Å². The van der Waals surface area contributed by atoms with E-state index in [2.05, 4.69) is 10.6 Å². The van der Waals surface area contributed by atoms with E-state index in [1.807, 2.05) is 38.1 Å². The molecule has 0 aromatic heterocycles. The van der Waals surface area contributed by atoms with Crippen molar-refractivity contribution in [2.45, 2.75) is 20.3 Å². The highest BCUT2D eigenvalue weighted by Gasteiger charge is 2.18. The molecule has 8 nitrogen and oxygen atoms in total. The fourth-order valence-electron chi connectivity index (χ4n) is 2.77. The van der Waals surface area contributed by atoms with E-state index in [0.29, 0.717) is 6.54 Å². The average Bonchev–Trinajstić information content (AvgIpc) is 2.64. The number of nitro groups is 1. The third kappa shape index (κ3) is 6.17. The van der Waals surface area contributed by atoms with E-state index in [4.69, 9.17) is 0 Å². The fourth-order valence-corrected chi connectivity index (χ4v) is 2.77. The average molecular weight is 384 g/mol. The highest BCUT2D eigenvalue weighted by Crippen LogP contribution is 2.23. The van der Waals surface area contributed by atoms with Crippen molar-refractivity contribution in [1.82, 2.24) is 4.90 Å². The number of anilines is 2. The summed E-state index contributed by atoms with van der Waals surface area (Å²) in [4.78, 5) is 36.9. The minimum atomic E-state index is -0.547. The van der Waals surface area contributed by atoms with Gasteiger partial charge in [-0.05, 0) is 37.6 Å². The number of aryl methyl sites for hydroxylation is 1. The first-order chi connectivity index (χ1) is 13.4. The summed E-state index contributed by atoms with van der Waals surface area (Å²) in [6.07, 6.45) is 0.760. The molecule has 0 heterocycles. The normalized spacial score (nSPS) is 10.5. The monoisotopic (exact) mass is 384 g/mol. The lowest BCUT2D eigenvalue weighted by molar-refractivity contribution is -0.383. The molecule has 2 rings (SSSR count). The predicted octanol–water partition coefficient (Wildman–Crippen LogP) is 3.19. The first kappa shape index (κ1) is 21.0. The Kier molecular flexibility index (Phi) is 7.65. The molecule has 0 bridgehead atoms. The van der Waals surface area contributed by atoms with Crippen LogP contribution in [0.25, 0.3) is 0 Å². The summed E-state index contributed by atoms with van der Waals surface area (Å²) in [5.74, 6) is -0.632. The van der Waals surface area contributed by atoms with Crippen LogP contribution >= 0.6 is 0 Å². The molecule has 148 valence electrons. The van der Waals surface area contributed by atoms with Gasteiger partial charge in [-0.3, -0.25) is 24.6 Å². The number of para-hydroxylation sites is 3. The number of amides is 2. The molecule has 0 radical (unpaired) electrons. The Balaban J connectivity index is 1.98. The summed E-state index contributed by atoms with van der Waals surface area (Å²) in [7, 11) is 0. The summed E-state index contributed by atoms with van der Waals surface area (Å²) in [5.41, 5.74) is 1.65. The zero-order valence-corrected chi connectivity index (χ0v) is 16.0. The summed E-state index contributed by atoms with van der Waals surface area (Å²) in [6.45, 7) is 4.41. The lowest BCUT2D eigenvalue weighted by atomic mass is 10.2. The van der Waals surface area contributed by atoms with Crippen molar-refractivity contribution >= 4 is 28.9 Å². The third-order valence-corrected chi connectivity index (χ3v) is 4.07. The lowest BCUT2D eigenvalue weighted by Gasteiger charge is -2.21. The Labute approximate surface area is 163 Å². The van der Waals surface area contributed by atoms with Gasteiger partial charge in [0.25, 0.3) is 5.69 Å². The largest absolute Gasteiger partial charge is 0.325 e. The van der Waals surface area contributed by atoms with Gasteiger partial charge in [0.1, 0.15) is 5.69 Å². The number of nitrogens with zero attached hydrogens (tertiary/aromatic N) is 2. The van der Waals surface area contributed by atoms with Crippen LogP contribution in [0.3, 0.4) is 0 Å². The van der Waals surface area contributed by atoms with Crippen LogP contribution in [-0.2, 0) is 9.59 Å². The van der Waals surface area contributed by atoms with Gasteiger partial charge < -0.3 is 10.6 Å². The van der Waals surface area contributed by atoms with E-state index < -0.39 is 10.8 Å². The molecular formula is C20H24N4O4. The maximum absolute atomic E-state index is 12.4. The molecule has 0 saturated heterocycles. The molecule has 0 spiro atoms. The lowest BCUT2D eigenvalue weighted by Crippen LogP contribution is -2.39. The molecule has 28 heavy (non-hydrogen) atoms. The summed E-state index contributed by atoms with van der Waals surface area (Å²) >= 11 is 0. The molecule has 8 heteroatoms. The van der Waals surface area contributed by atoms with Crippen LogP contribution in [0.15, 0.2) is 48.5 Å². The second kappa shape index (κ2) is 10.2. The number of rotatable bonds is 9.